The molecule has 6 heteroatoms. The van der Waals surface area contributed by atoms with Gasteiger partial charge in [0.1, 0.15) is 0 Å². The van der Waals surface area contributed by atoms with E-state index < -0.39 is 0 Å². The minimum atomic E-state index is -0.00656. The lowest BCUT2D eigenvalue weighted by Crippen LogP contribution is -2.25. The summed E-state index contributed by atoms with van der Waals surface area (Å²) in [5.41, 5.74) is 6.66. The van der Waals surface area contributed by atoms with E-state index in [4.69, 9.17) is 10.1 Å². The Balaban J connectivity index is 1.66. The van der Waals surface area contributed by atoms with Crippen molar-refractivity contribution in [3.05, 3.63) is 75.4 Å². The van der Waals surface area contributed by atoms with E-state index >= 15 is 0 Å². The van der Waals surface area contributed by atoms with Gasteiger partial charge in [0.15, 0.2) is 5.65 Å². The molecule has 5 nitrogen and oxygen atoms in total. The Labute approximate surface area is 168 Å². The van der Waals surface area contributed by atoms with Gasteiger partial charge in [-0.1, -0.05) is 36.4 Å². The molecule has 4 rings (SSSR count). The maximum absolute atomic E-state index is 12.5. The van der Waals surface area contributed by atoms with Gasteiger partial charge < -0.3 is 5.32 Å². The fourth-order valence-electron chi connectivity index (χ4n) is 3.49. The van der Waals surface area contributed by atoms with Crippen LogP contribution in [0.25, 0.3) is 16.8 Å². The van der Waals surface area contributed by atoms with Crippen molar-refractivity contribution in [2.75, 3.05) is 0 Å². The van der Waals surface area contributed by atoms with E-state index in [1.54, 1.807) is 11.3 Å². The van der Waals surface area contributed by atoms with E-state index in [0.717, 1.165) is 44.3 Å². The van der Waals surface area contributed by atoms with Crippen LogP contribution < -0.4 is 5.32 Å². The molecular formula is C22H22N4OS. The number of hydrogen-bond donors (Lipinski definition) is 1. The number of nitrogens with one attached hydrogen (secondary N) is 1. The van der Waals surface area contributed by atoms with Crippen molar-refractivity contribution >= 4 is 22.9 Å². The first kappa shape index (κ1) is 18.4. The van der Waals surface area contributed by atoms with E-state index in [2.05, 4.69) is 17.4 Å². The molecule has 1 N–H and O–H groups in total. The molecule has 3 heterocycles. The smallest absolute Gasteiger partial charge is 0.224 e. The van der Waals surface area contributed by atoms with Gasteiger partial charge in [0, 0.05) is 27.4 Å². The molecule has 142 valence electrons. The molecule has 0 unspecified atom stereocenters. The van der Waals surface area contributed by atoms with Crippen LogP contribution in [0.5, 0.6) is 0 Å². The maximum Gasteiger partial charge on any atom is 0.224 e. The highest BCUT2D eigenvalue weighted by atomic mass is 32.1. The second kappa shape index (κ2) is 7.56. The number of aromatic nitrogens is 3. The van der Waals surface area contributed by atoms with E-state index in [1.807, 2.05) is 61.0 Å². The molecule has 0 fully saturated rings. The molecule has 0 radical (unpaired) electrons. The quantitative estimate of drug-likeness (QED) is 0.554. The molecule has 0 saturated carbocycles. The third-order valence-electron chi connectivity index (χ3n) is 4.94. The zero-order valence-electron chi connectivity index (χ0n) is 16.2. The summed E-state index contributed by atoms with van der Waals surface area (Å²) in [6, 6.07) is 14.2. The number of nitrogens with zero attached hydrogens (tertiary/aromatic N) is 3. The second-order valence-corrected chi connectivity index (χ2v) is 7.89. The first-order chi connectivity index (χ1) is 13.5. The van der Waals surface area contributed by atoms with Crippen LogP contribution >= 0.6 is 11.3 Å². The van der Waals surface area contributed by atoms with Crippen molar-refractivity contribution in [1.82, 2.24) is 19.9 Å². The highest BCUT2D eigenvalue weighted by Gasteiger charge is 2.19. The fourth-order valence-corrected chi connectivity index (χ4v) is 4.13. The molecule has 28 heavy (non-hydrogen) atoms. The molecule has 0 bridgehead atoms. The highest BCUT2D eigenvalue weighted by molar-refractivity contribution is 7.09. The summed E-state index contributed by atoms with van der Waals surface area (Å²) in [4.78, 5) is 18.4. The molecule has 0 aliphatic heterocycles. The van der Waals surface area contributed by atoms with Crippen molar-refractivity contribution in [2.45, 2.75) is 33.7 Å². The molecule has 0 aliphatic rings. The van der Waals surface area contributed by atoms with Crippen molar-refractivity contribution in [3.8, 4) is 11.1 Å². The maximum atomic E-state index is 12.5. The van der Waals surface area contributed by atoms with Crippen LogP contribution in [0, 0.1) is 20.8 Å². The summed E-state index contributed by atoms with van der Waals surface area (Å²) in [6.45, 7) is 6.53. The highest BCUT2D eigenvalue weighted by Crippen LogP contribution is 2.29. The van der Waals surface area contributed by atoms with Crippen molar-refractivity contribution < 1.29 is 4.79 Å². The zero-order chi connectivity index (χ0) is 19.7. The number of hydrogen-bond acceptors (Lipinski definition) is 4. The minimum Gasteiger partial charge on any atom is -0.351 e. The summed E-state index contributed by atoms with van der Waals surface area (Å²) in [5, 5.41) is 9.71. The van der Waals surface area contributed by atoms with E-state index in [9.17, 15) is 4.79 Å². The van der Waals surface area contributed by atoms with Crippen LogP contribution in [0.15, 0.2) is 47.8 Å². The van der Waals surface area contributed by atoms with E-state index in [0.29, 0.717) is 13.0 Å². The number of rotatable bonds is 5. The van der Waals surface area contributed by atoms with Gasteiger partial charge in [0.2, 0.25) is 5.91 Å². The SMILES string of the molecule is Cc1nc2c(-c3ccccc3)c(C)nn2c(C)c1CC(=O)NCc1cccs1. The Kier molecular flexibility index (Phi) is 4.96. The average Bonchev–Trinajstić information content (AvgIpc) is 3.32. The predicted molar refractivity (Wildman–Crippen MR) is 113 cm³/mol. The van der Waals surface area contributed by atoms with Crippen LogP contribution in [-0.4, -0.2) is 20.5 Å². The average molecular weight is 391 g/mol. The lowest BCUT2D eigenvalue weighted by Gasteiger charge is -2.12. The molecule has 0 spiro atoms. The van der Waals surface area contributed by atoms with Gasteiger partial charge in [-0.2, -0.15) is 5.10 Å². The van der Waals surface area contributed by atoms with Crippen LogP contribution in [0.1, 0.15) is 27.5 Å². The Morgan fingerprint density at radius 1 is 1.07 bits per heavy atom. The van der Waals surface area contributed by atoms with Gasteiger partial charge in [-0.25, -0.2) is 9.50 Å². The van der Waals surface area contributed by atoms with Crippen LogP contribution in [0.2, 0.25) is 0 Å². The fraction of sp³-hybridized carbons (Fsp3) is 0.227. The van der Waals surface area contributed by atoms with Crippen molar-refractivity contribution in [1.29, 1.82) is 0 Å². The molecule has 4 aromatic rings. The second-order valence-electron chi connectivity index (χ2n) is 6.86. The largest absolute Gasteiger partial charge is 0.351 e. The first-order valence-corrected chi connectivity index (χ1v) is 10.1. The third kappa shape index (κ3) is 3.43. The number of benzene rings is 1. The van der Waals surface area contributed by atoms with Crippen LogP contribution in [0.3, 0.4) is 0 Å². The third-order valence-corrected chi connectivity index (χ3v) is 5.82. The number of carbonyl (C=O) groups excluding carboxylic acids is 1. The van der Waals surface area contributed by atoms with Crippen molar-refractivity contribution in [2.24, 2.45) is 0 Å². The Morgan fingerprint density at radius 2 is 1.86 bits per heavy atom. The van der Waals surface area contributed by atoms with Gasteiger partial charge in [0.25, 0.3) is 0 Å². The molecule has 0 aliphatic carbocycles. The lowest BCUT2D eigenvalue weighted by atomic mass is 10.1. The normalized spacial score (nSPS) is 11.1. The summed E-state index contributed by atoms with van der Waals surface area (Å²) in [5.74, 6) is -0.00656. The topological polar surface area (TPSA) is 59.3 Å². The van der Waals surface area contributed by atoms with E-state index in [1.165, 1.54) is 0 Å². The number of carbonyl (C=O) groups is 1. The number of amides is 1. The standard InChI is InChI=1S/C22H22N4OS/c1-14-19(12-20(27)23-13-18-10-7-11-28-18)16(3)26-22(24-14)21(15(2)25-26)17-8-5-4-6-9-17/h4-11H,12-13H2,1-3H3,(H,23,27). The number of aryl methyl sites for hydroxylation is 3. The Bertz CT molecular complexity index is 1130. The van der Waals surface area contributed by atoms with Crippen LogP contribution in [0.4, 0.5) is 0 Å². The van der Waals surface area contributed by atoms with Gasteiger partial charge in [-0.05, 0) is 37.8 Å². The number of fused-ring (bicyclic) bond motifs is 1. The van der Waals surface area contributed by atoms with Gasteiger partial charge >= 0.3 is 0 Å². The summed E-state index contributed by atoms with van der Waals surface area (Å²) >= 11 is 1.64. The summed E-state index contributed by atoms with van der Waals surface area (Å²) in [6.07, 6.45) is 0.297. The number of thiophene rings is 1. The summed E-state index contributed by atoms with van der Waals surface area (Å²) in [7, 11) is 0. The summed E-state index contributed by atoms with van der Waals surface area (Å²) < 4.78 is 1.87. The molecule has 1 aromatic carbocycles. The van der Waals surface area contributed by atoms with Crippen molar-refractivity contribution in [3.63, 3.8) is 0 Å². The predicted octanol–water partition coefficient (Wildman–Crippen LogP) is 4.24. The van der Waals surface area contributed by atoms with E-state index in [-0.39, 0.29) is 5.91 Å². The molecule has 1 amide bonds. The van der Waals surface area contributed by atoms with Gasteiger partial charge in [0.05, 0.1) is 18.7 Å². The molecule has 0 atom stereocenters. The monoisotopic (exact) mass is 390 g/mol. The zero-order valence-corrected chi connectivity index (χ0v) is 17.0. The van der Waals surface area contributed by atoms with Gasteiger partial charge in [-0.3, -0.25) is 4.79 Å². The van der Waals surface area contributed by atoms with Gasteiger partial charge in [-0.15, -0.1) is 11.3 Å². The van der Waals surface area contributed by atoms with Crippen LogP contribution in [-0.2, 0) is 17.8 Å². The molecule has 3 aromatic heterocycles. The first-order valence-electron chi connectivity index (χ1n) is 9.24. The lowest BCUT2D eigenvalue weighted by molar-refractivity contribution is -0.120. The molecular weight excluding hydrogens is 368 g/mol. The Morgan fingerprint density at radius 3 is 2.57 bits per heavy atom. The minimum absolute atomic E-state index is 0.00656. The molecule has 0 saturated heterocycles. The Hall–Kier alpha value is -2.99.